The minimum absolute atomic E-state index is 0.0180. The molecule has 164 valence electrons. The van der Waals surface area contributed by atoms with Crippen LogP contribution in [0.5, 0.6) is 5.75 Å². The maximum absolute atomic E-state index is 12.9. The Morgan fingerprint density at radius 1 is 0.941 bits per heavy atom. The van der Waals surface area contributed by atoms with Gasteiger partial charge in [-0.25, -0.2) is 0 Å². The van der Waals surface area contributed by atoms with Gasteiger partial charge in [0.15, 0.2) is 0 Å². The number of anilines is 1. The van der Waals surface area contributed by atoms with E-state index in [9.17, 15) is 10.1 Å². The monoisotopic (exact) mass is 443 g/mol. The average Bonchev–Trinajstić information content (AvgIpc) is 3.28. The molecule has 5 aromatic rings. The second kappa shape index (κ2) is 9.35. The van der Waals surface area contributed by atoms with E-state index in [-0.39, 0.29) is 5.57 Å². The second-order valence-electron chi connectivity index (χ2n) is 7.88. The van der Waals surface area contributed by atoms with Gasteiger partial charge in [0.1, 0.15) is 24.0 Å². The van der Waals surface area contributed by atoms with Gasteiger partial charge in [-0.2, -0.15) is 5.26 Å². The lowest BCUT2D eigenvalue weighted by atomic mass is 10.1. The summed E-state index contributed by atoms with van der Waals surface area (Å²) in [5.74, 6) is 0.258. The fraction of sp³-hybridized carbons (Fsp3) is 0.0345. The average molecular weight is 444 g/mol. The predicted octanol–water partition coefficient (Wildman–Crippen LogP) is 6.45. The van der Waals surface area contributed by atoms with Crippen molar-refractivity contribution in [1.29, 1.82) is 5.26 Å². The summed E-state index contributed by atoms with van der Waals surface area (Å²) >= 11 is 0. The van der Waals surface area contributed by atoms with Gasteiger partial charge >= 0.3 is 0 Å². The molecule has 0 saturated heterocycles. The van der Waals surface area contributed by atoms with Gasteiger partial charge in [0, 0.05) is 33.7 Å². The number of carbonyl (C=O) groups is 1. The van der Waals surface area contributed by atoms with E-state index in [1.54, 1.807) is 12.3 Å². The van der Waals surface area contributed by atoms with E-state index in [2.05, 4.69) is 10.3 Å². The molecule has 0 fully saturated rings. The maximum atomic E-state index is 12.9. The summed E-state index contributed by atoms with van der Waals surface area (Å²) in [6, 6.07) is 31.2. The zero-order valence-corrected chi connectivity index (χ0v) is 18.3. The summed E-state index contributed by atoms with van der Waals surface area (Å²) in [6.07, 6.45) is 3.38. The first-order valence-corrected chi connectivity index (χ1v) is 10.9. The molecule has 0 atom stereocenters. The number of fused-ring (bicyclic) bond motifs is 2. The Balaban J connectivity index is 1.40. The highest BCUT2D eigenvalue weighted by atomic mass is 16.5. The van der Waals surface area contributed by atoms with E-state index < -0.39 is 5.91 Å². The summed E-state index contributed by atoms with van der Waals surface area (Å²) < 4.78 is 5.94. The van der Waals surface area contributed by atoms with E-state index in [0.717, 1.165) is 32.8 Å². The number of H-pyrrole nitrogens is 1. The largest absolute Gasteiger partial charge is 0.489 e. The number of ether oxygens (including phenoxy) is 1. The fourth-order valence-corrected chi connectivity index (χ4v) is 3.90. The Morgan fingerprint density at radius 3 is 2.59 bits per heavy atom. The molecule has 0 aliphatic heterocycles. The van der Waals surface area contributed by atoms with Gasteiger partial charge in [0.2, 0.25) is 0 Å². The molecule has 5 heteroatoms. The molecule has 1 heterocycles. The lowest BCUT2D eigenvalue weighted by molar-refractivity contribution is -0.112. The highest BCUT2D eigenvalue weighted by molar-refractivity contribution is 6.13. The van der Waals surface area contributed by atoms with Crippen LogP contribution in [0.3, 0.4) is 0 Å². The normalized spacial score (nSPS) is 11.3. The number of carbonyl (C=O) groups excluding carboxylic acids is 1. The van der Waals surface area contributed by atoms with Crippen LogP contribution in [-0.2, 0) is 11.4 Å². The summed E-state index contributed by atoms with van der Waals surface area (Å²) in [5.41, 5.74) is 3.40. The minimum Gasteiger partial charge on any atom is -0.489 e. The van der Waals surface area contributed by atoms with Crippen molar-refractivity contribution < 1.29 is 9.53 Å². The van der Waals surface area contributed by atoms with Crippen molar-refractivity contribution in [3.05, 3.63) is 114 Å². The highest BCUT2D eigenvalue weighted by Gasteiger charge is 2.13. The number of hydrogen-bond donors (Lipinski definition) is 2. The summed E-state index contributed by atoms with van der Waals surface area (Å²) in [5, 5.41) is 15.4. The quantitative estimate of drug-likeness (QED) is 0.234. The van der Waals surface area contributed by atoms with Gasteiger partial charge in [0.25, 0.3) is 5.91 Å². The van der Waals surface area contributed by atoms with Gasteiger partial charge in [-0.3, -0.25) is 4.79 Å². The first kappa shape index (κ1) is 21.0. The molecule has 34 heavy (non-hydrogen) atoms. The Bertz CT molecular complexity index is 1550. The SMILES string of the molecule is N#C/C(=C\c1c[nH]c2ccc(OCc3ccccc3)cc12)C(=O)Nc1cccc2ccccc12. The summed E-state index contributed by atoms with van der Waals surface area (Å²) in [7, 11) is 0. The maximum Gasteiger partial charge on any atom is 0.266 e. The van der Waals surface area contributed by atoms with Gasteiger partial charge in [-0.05, 0) is 41.3 Å². The van der Waals surface area contributed by atoms with Crippen LogP contribution in [0.25, 0.3) is 27.8 Å². The van der Waals surface area contributed by atoms with E-state index in [1.807, 2.05) is 97.1 Å². The molecular formula is C29H21N3O2. The van der Waals surface area contributed by atoms with Gasteiger partial charge in [-0.15, -0.1) is 0 Å². The number of nitrogens with zero attached hydrogens (tertiary/aromatic N) is 1. The third kappa shape index (κ3) is 4.38. The molecule has 2 N–H and O–H groups in total. The number of nitriles is 1. The lowest BCUT2D eigenvalue weighted by Crippen LogP contribution is -2.13. The molecule has 0 aliphatic carbocycles. The molecule has 1 amide bonds. The first-order valence-electron chi connectivity index (χ1n) is 10.9. The Hall–Kier alpha value is -4.82. The van der Waals surface area contributed by atoms with Crippen molar-refractivity contribution in [3.8, 4) is 11.8 Å². The molecule has 5 nitrogen and oxygen atoms in total. The molecule has 0 spiro atoms. The molecule has 5 rings (SSSR count). The standard InChI is InChI=1S/C29H21N3O2/c30-17-22(29(33)32-28-12-6-10-21-9-4-5-11-25(21)28)15-23-18-31-27-14-13-24(16-26(23)27)34-19-20-7-2-1-3-8-20/h1-16,18,31H,19H2,(H,32,33)/b22-15+. The number of nitrogens with one attached hydrogen (secondary N) is 2. The van der Waals surface area contributed by atoms with Gasteiger partial charge in [-0.1, -0.05) is 66.7 Å². The van der Waals surface area contributed by atoms with Gasteiger partial charge < -0.3 is 15.0 Å². The van der Waals surface area contributed by atoms with Crippen molar-refractivity contribution >= 4 is 39.3 Å². The zero-order chi connectivity index (χ0) is 23.3. The number of rotatable bonds is 6. The van der Waals surface area contributed by atoms with Gasteiger partial charge in [0.05, 0.1) is 0 Å². The Kier molecular flexibility index (Phi) is 5.79. The van der Waals surface area contributed by atoms with E-state index in [4.69, 9.17) is 4.74 Å². The molecule has 4 aromatic carbocycles. The molecule has 0 bridgehead atoms. The highest BCUT2D eigenvalue weighted by Crippen LogP contribution is 2.27. The Morgan fingerprint density at radius 2 is 1.74 bits per heavy atom. The van der Waals surface area contributed by atoms with Crippen molar-refractivity contribution in [3.63, 3.8) is 0 Å². The smallest absolute Gasteiger partial charge is 0.266 e. The first-order chi connectivity index (χ1) is 16.7. The molecule has 0 unspecified atom stereocenters. The fourth-order valence-electron chi connectivity index (χ4n) is 3.90. The van der Waals surface area contributed by atoms with Crippen molar-refractivity contribution in [2.24, 2.45) is 0 Å². The van der Waals surface area contributed by atoms with E-state index >= 15 is 0 Å². The zero-order valence-electron chi connectivity index (χ0n) is 18.3. The summed E-state index contributed by atoms with van der Waals surface area (Å²) in [6.45, 7) is 0.457. The second-order valence-corrected chi connectivity index (χ2v) is 7.88. The molecular weight excluding hydrogens is 422 g/mol. The number of hydrogen-bond acceptors (Lipinski definition) is 3. The number of aromatic nitrogens is 1. The summed E-state index contributed by atoms with van der Waals surface area (Å²) in [4.78, 5) is 16.1. The third-order valence-corrected chi connectivity index (χ3v) is 5.64. The molecule has 0 saturated carbocycles. The van der Waals surface area contributed by atoms with Crippen LogP contribution in [-0.4, -0.2) is 10.9 Å². The van der Waals surface area contributed by atoms with Crippen LogP contribution in [0.15, 0.2) is 103 Å². The van der Waals surface area contributed by atoms with Crippen LogP contribution in [0, 0.1) is 11.3 Å². The lowest BCUT2D eigenvalue weighted by Gasteiger charge is -2.08. The predicted molar refractivity (Wildman–Crippen MR) is 135 cm³/mol. The number of benzene rings is 4. The molecule has 0 aliphatic rings. The number of amides is 1. The van der Waals surface area contributed by atoms with Crippen molar-refractivity contribution in [1.82, 2.24) is 4.98 Å². The van der Waals surface area contributed by atoms with Crippen LogP contribution in [0.2, 0.25) is 0 Å². The minimum atomic E-state index is -0.454. The molecule has 0 radical (unpaired) electrons. The van der Waals surface area contributed by atoms with Crippen LogP contribution < -0.4 is 10.1 Å². The molecule has 1 aromatic heterocycles. The van der Waals surface area contributed by atoms with Crippen LogP contribution in [0.1, 0.15) is 11.1 Å². The van der Waals surface area contributed by atoms with Crippen molar-refractivity contribution in [2.75, 3.05) is 5.32 Å². The van der Waals surface area contributed by atoms with Crippen LogP contribution >= 0.6 is 0 Å². The van der Waals surface area contributed by atoms with Crippen LogP contribution in [0.4, 0.5) is 5.69 Å². The third-order valence-electron chi connectivity index (χ3n) is 5.64. The van der Waals surface area contributed by atoms with Crippen molar-refractivity contribution in [2.45, 2.75) is 6.61 Å². The topological polar surface area (TPSA) is 77.9 Å². The number of aromatic amines is 1. The van der Waals surface area contributed by atoms with E-state index in [0.29, 0.717) is 18.0 Å². The van der Waals surface area contributed by atoms with E-state index in [1.165, 1.54) is 0 Å². The Labute approximate surface area is 196 Å².